The summed E-state index contributed by atoms with van der Waals surface area (Å²) in [6.07, 6.45) is 1.28. The summed E-state index contributed by atoms with van der Waals surface area (Å²) in [5.41, 5.74) is 0.457. The molecule has 1 heteroatoms. The van der Waals surface area contributed by atoms with E-state index in [-0.39, 0.29) is 0 Å². The molecule has 0 radical (unpaired) electrons. The molecule has 0 heterocycles. The molecule has 0 fully saturated rings. The Morgan fingerprint density at radius 3 is 1.92 bits per heavy atom. The molecule has 0 saturated carbocycles. The Hall–Kier alpha value is -0.0400. The molecular formula is C11H25N. The van der Waals surface area contributed by atoms with Gasteiger partial charge in [-0.15, -0.1) is 0 Å². The molecule has 74 valence electrons. The summed E-state index contributed by atoms with van der Waals surface area (Å²) in [5, 5.41) is 3.45. The van der Waals surface area contributed by atoms with Crippen LogP contribution < -0.4 is 5.32 Å². The van der Waals surface area contributed by atoms with E-state index in [1.165, 1.54) is 6.42 Å². The molecule has 0 spiro atoms. The summed E-state index contributed by atoms with van der Waals surface area (Å²) in [7, 11) is 0. The Kier molecular flexibility index (Phi) is 4.84. The van der Waals surface area contributed by atoms with Gasteiger partial charge in [0, 0.05) is 6.04 Å². The van der Waals surface area contributed by atoms with Crippen molar-refractivity contribution in [3.8, 4) is 0 Å². The average Bonchev–Trinajstić information content (AvgIpc) is 1.84. The molecule has 0 saturated heterocycles. The van der Waals surface area contributed by atoms with Gasteiger partial charge in [-0.1, -0.05) is 41.5 Å². The third-order valence-electron chi connectivity index (χ3n) is 2.61. The maximum absolute atomic E-state index is 3.45. The Bertz CT molecular complexity index is 111. The average molecular weight is 171 g/mol. The van der Waals surface area contributed by atoms with Crippen LogP contribution in [0.3, 0.4) is 0 Å². The zero-order valence-electron chi connectivity index (χ0n) is 9.57. The van der Waals surface area contributed by atoms with Gasteiger partial charge in [0.25, 0.3) is 0 Å². The Balaban J connectivity index is 3.51. The molecule has 0 aliphatic carbocycles. The number of nitrogens with one attached hydrogen (secondary N) is 1. The second kappa shape index (κ2) is 4.86. The van der Waals surface area contributed by atoms with Gasteiger partial charge in [0.15, 0.2) is 0 Å². The van der Waals surface area contributed by atoms with Crippen LogP contribution in [-0.4, -0.2) is 12.6 Å². The minimum atomic E-state index is 0.457. The summed E-state index contributed by atoms with van der Waals surface area (Å²) in [4.78, 5) is 0. The fourth-order valence-corrected chi connectivity index (χ4v) is 1.02. The van der Waals surface area contributed by atoms with Crippen molar-refractivity contribution in [2.75, 3.05) is 6.54 Å². The molecule has 0 bridgehead atoms. The molecule has 1 nitrogen and oxygen atoms in total. The lowest BCUT2D eigenvalue weighted by Gasteiger charge is -2.27. The van der Waals surface area contributed by atoms with E-state index in [0.29, 0.717) is 11.5 Å². The molecule has 0 aliphatic heterocycles. The molecule has 12 heavy (non-hydrogen) atoms. The van der Waals surface area contributed by atoms with Gasteiger partial charge in [-0.25, -0.2) is 0 Å². The number of hydrogen-bond acceptors (Lipinski definition) is 1. The highest BCUT2D eigenvalue weighted by molar-refractivity contribution is 4.70. The van der Waals surface area contributed by atoms with Crippen molar-refractivity contribution in [2.45, 2.75) is 54.0 Å². The summed E-state index contributed by atoms with van der Waals surface area (Å²) in [5.74, 6) is 0.795. The maximum atomic E-state index is 3.45. The standard InChI is InChI=1S/C11H25N/c1-9(2)12-8-7-10(3)11(4,5)6/h9-10,12H,7-8H2,1-6H3. The molecule has 0 rings (SSSR count). The van der Waals surface area contributed by atoms with Gasteiger partial charge in [-0.2, -0.15) is 0 Å². The molecule has 0 aromatic heterocycles. The van der Waals surface area contributed by atoms with Crippen LogP contribution in [0.15, 0.2) is 0 Å². The molecule has 1 N–H and O–H groups in total. The van der Waals surface area contributed by atoms with Gasteiger partial charge in [0.05, 0.1) is 0 Å². The van der Waals surface area contributed by atoms with Crippen LogP contribution in [0, 0.1) is 11.3 Å². The van der Waals surface area contributed by atoms with Crippen molar-refractivity contribution in [3.63, 3.8) is 0 Å². The lowest BCUT2D eigenvalue weighted by Crippen LogP contribution is -2.28. The largest absolute Gasteiger partial charge is 0.315 e. The molecule has 0 aromatic rings. The van der Waals surface area contributed by atoms with Crippen molar-refractivity contribution in [1.82, 2.24) is 5.32 Å². The lowest BCUT2D eigenvalue weighted by molar-refractivity contribution is 0.243. The predicted octanol–water partition coefficient (Wildman–Crippen LogP) is 3.06. The van der Waals surface area contributed by atoms with Gasteiger partial charge >= 0.3 is 0 Å². The quantitative estimate of drug-likeness (QED) is 0.685. The van der Waals surface area contributed by atoms with E-state index in [9.17, 15) is 0 Å². The van der Waals surface area contributed by atoms with E-state index >= 15 is 0 Å². The SMILES string of the molecule is CC(C)NCCC(C)C(C)(C)C. The van der Waals surface area contributed by atoms with E-state index in [2.05, 4.69) is 46.9 Å². The highest BCUT2D eigenvalue weighted by atomic mass is 14.9. The van der Waals surface area contributed by atoms with Crippen molar-refractivity contribution < 1.29 is 0 Å². The van der Waals surface area contributed by atoms with Crippen LogP contribution in [0.2, 0.25) is 0 Å². The maximum Gasteiger partial charge on any atom is 0.00103 e. The number of rotatable bonds is 4. The molecule has 1 atom stereocenters. The molecule has 0 amide bonds. The van der Waals surface area contributed by atoms with Crippen LogP contribution in [0.1, 0.15) is 48.0 Å². The third-order valence-corrected chi connectivity index (χ3v) is 2.61. The third kappa shape index (κ3) is 5.59. The Labute approximate surface area is 77.9 Å². The summed E-state index contributed by atoms with van der Waals surface area (Å²) >= 11 is 0. The fourth-order valence-electron chi connectivity index (χ4n) is 1.02. The van der Waals surface area contributed by atoms with Gasteiger partial charge in [-0.3, -0.25) is 0 Å². The van der Waals surface area contributed by atoms with Crippen molar-refractivity contribution in [1.29, 1.82) is 0 Å². The lowest BCUT2D eigenvalue weighted by atomic mass is 9.80. The van der Waals surface area contributed by atoms with E-state index < -0.39 is 0 Å². The van der Waals surface area contributed by atoms with Crippen molar-refractivity contribution in [3.05, 3.63) is 0 Å². The highest BCUT2D eigenvalue weighted by Gasteiger charge is 2.18. The molecular weight excluding hydrogens is 146 g/mol. The monoisotopic (exact) mass is 171 g/mol. The topological polar surface area (TPSA) is 12.0 Å². The Morgan fingerprint density at radius 1 is 1.08 bits per heavy atom. The smallest absolute Gasteiger partial charge is 0.00103 e. The molecule has 0 aliphatic rings. The molecule has 0 aromatic carbocycles. The van der Waals surface area contributed by atoms with Crippen LogP contribution >= 0.6 is 0 Å². The second-order valence-corrected chi connectivity index (χ2v) is 5.16. The minimum absolute atomic E-state index is 0.457. The summed E-state index contributed by atoms with van der Waals surface area (Å²) in [6, 6.07) is 0.622. The summed E-state index contributed by atoms with van der Waals surface area (Å²) in [6.45, 7) is 14.8. The first-order valence-electron chi connectivity index (χ1n) is 5.07. The van der Waals surface area contributed by atoms with Crippen LogP contribution in [0.4, 0.5) is 0 Å². The fraction of sp³-hybridized carbons (Fsp3) is 1.00. The van der Waals surface area contributed by atoms with E-state index in [4.69, 9.17) is 0 Å². The number of hydrogen-bond donors (Lipinski definition) is 1. The normalized spacial score (nSPS) is 15.2. The highest BCUT2D eigenvalue weighted by Crippen LogP contribution is 2.27. The molecule has 1 unspecified atom stereocenters. The van der Waals surface area contributed by atoms with Gasteiger partial charge in [0.1, 0.15) is 0 Å². The minimum Gasteiger partial charge on any atom is -0.315 e. The first-order chi connectivity index (χ1) is 5.34. The van der Waals surface area contributed by atoms with Crippen LogP contribution in [0.5, 0.6) is 0 Å². The first-order valence-corrected chi connectivity index (χ1v) is 5.07. The van der Waals surface area contributed by atoms with Gasteiger partial charge in [0.2, 0.25) is 0 Å². The summed E-state index contributed by atoms with van der Waals surface area (Å²) < 4.78 is 0. The van der Waals surface area contributed by atoms with Crippen molar-refractivity contribution >= 4 is 0 Å². The first kappa shape index (κ1) is 12.0. The van der Waals surface area contributed by atoms with Gasteiger partial charge < -0.3 is 5.32 Å². The van der Waals surface area contributed by atoms with E-state index in [1.54, 1.807) is 0 Å². The van der Waals surface area contributed by atoms with Crippen molar-refractivity contribution in [2.24, 2.45) is 11.3 Å². The second-order valence-electron chi connectivity index (χ2n) is 5.16. The van der Waals surface area contributed by atoms with Crippen LogP contribution in [0.25, 0.3) is 0 Å². The zero-order valence-corrected chi connectivity index (χ0v) is 9.57. The Morgan fingerprint density at radius 2 is 1.58 bits per heavy atom. The predicted molar refractivity (Wildman–Crippen MR) is 56.4 cm³/mol. The zero-order chi connectivity index (χ0) is 9.78. The van der Waals surface area contributed by atoms with E-state index in [1.807, 2.05) is 0 Å². The van der Waals surface area contributed by atoms with E-state index in [0.717, 1.165) is 12.5 Å². The van der Waals surface area contributed by atoms with Crippen LogP contribution in [-0.2, 0) is 0 Å². The van der Waals surface area contributed by atoms with Gasteiger partial charge in [-0.05, 0) is 24.3 Å².